The molecule has 3 N–H and O–H groups in total. The summed E-state index contributed by atoms with van der Waals surface area (Å²) in [6, 6.07) is 1.91. The maximum Gasteiger partial charge on any atom is 0.200 e. The molecule has 2 heterocycles. The van der Waals surface area contributed by atoms with Crippen molar-refractivity contribution in [3.05, 3.63) is 16.9 Å². The molecule has 0 fully saturated rings. The van der Waals surface area contributed by atoms with Gasteiger partial charge in [0.25, 0.3) is 0 Å². The molecule has 0 amide bonds. The Hall–Kier alpha value is -0.630. The van der Waals surface area contributed by atoms with Gasteiger partial charge >= 0.3 is 0 Å². The quantitative estimate of drug-likeness (QED) is 0.575. The maximum absolute atomic E-state index is 5.50. The summed E-state index contributed by atoms with van der Waals surface area (Å²) in [7, 11) is 0. The lowest BCUT2D eigenvalue weighted by atomic mass is 10.4. The highest BCUT2D eigenvalue weighted by atomic mass is 127. The van der Waals surface area contributed by atoms with Crippen molar-refractivity contribution in [1.29, 1.82) is 0 Å². The van der Waals surface area contributed by atoms with Gasteiger partial charge < -0.3 is 10.7 Å². The van der Waals surface area contributed by atoms with E-state index >= 15 is 0 Å². The highest BCUT2D eigenvalue weighted by molar-refractivity contribution is 14.1. The summed E-state index contributed by atoms with van der Waals surface area (Å²) in [6.07, 6.45) is 1.89. The molecular formula is C6H5IN4S. The molecular weight excluding hydrogens is 287 g/mol. The molecule has 0 atom stereocenters. The smallest absolute Gasteiger partial charge is 0.200 e. The van der Waals surface area contributed by atoms with Crippen LogP contribution in [0.5, 0.6) is 0 Å². The van der Waals surface area contributed by atoms with Crippen molar-refractivity contribution in [2.45, 2.75) is 0 Å². The predicted molar refractivity (Wildman–Crippen MR) is 58.7 cm³/mol. The fourth-order valence-electron chi connectivity index (χ4n) is 1.01. The van der Waals surface area contributed by atoms with Gasteiger partial charge in [-0.3, -0.25) is 2.78 Å². The van der Waals surface area contributed by atoms with E-state index in [1.807, 2.05) is 15.0 Å². The monoisotopic (exact) mass is 292 g/mol. The summed E-state index contributed by atoms with van der Waals surface area (Å²) in [5.74, 6) is 0.351. The average Bonchev–Trinajstić information content (AvgIpc) is 2.33. The van der Waals surface area contributed by atoms with Crippen molar-refractivity contribution in [3.8, 4) is 0 Å². The molecule has 0 aliphatic carbocycles. The van der Waals surface area contributed by atoms with Crippen LogP contribution in [0.1, 0.15) is 0 Å². The second-order valence-electron chi connectivity index (χ2n) is 2.32. The number of hydrogen-bond acceptors (Lipinski definition) is 3. The van der Waals surface area contributed by atoms with Crippen molar-refractivity contribution >= 4 is 52.1 Å². The molecule has 0 aliphatic heterocycles. The molecule has 2 rings (SSSR count). The number of nitrogens with zero attached hydrogens (tertiary/aromatic N) is 2. The van der Waals surface area contributed by atoms with E-state index in [0.29, 0.717) is 10.6 Å². The van der Waals surface area contributed by atoms with E-state index < -0.39 is 0 Å². The fourth-order valence-corrected chi connectivity index (χ4v) is 1.80. The van der Waals surface area contributed by atoms with Crippen LogP contribution in [0.4, 0.5) is 5.95 Å². The SMILES string of the molecule is Nc1nc2c(ccn2I)c(=S)[nH]1. The van der Waals surface area contributed by atoms with Gasteiger partial charge in [-0.1, -0.05) is 12.2 Å². The third kappa shape index (κ3) is 1.11. The van der Waals surface area contributed by atoms with Gasteiger partial charge in [-0.2, -0.15) is 4.98 Å². The Kier molecular flexibility index (Phi) is 1.80. The van der Waals surface area contributed by atoms with Gasteiger partial charge in [-0.05, 0) is 6.07 Å². The number of halogens is 1. The Bertz CT molecular complexity index is 486. The Labute approximate surface area is 87.3 Å². The minimum absolute atomic E-state index is 0.351. The second-order valence-corrected chi connectivity index (χ2v) is 3.76. The zero-order valence-electron chi connectivity index (χ0n) is 5.91. The van der Waals surface area contributed by atoms with Crippen LogP contribution in [-0.2, 0) is 0 Å². The minimum atomic E-state index is 0.351. The molecule has 0 saturated heterocycles. The van der Waals surface area contributed by atoms with Gasteiger partial charge in [0.2, 0.25) is 0 Å². The molecule has 0 spiro atoms. The lowest BCUT2D eigenvalue weighted by Gasteiger charge is -1.95. The number of aromatic nitrogens is 3. The number of aromatic amines is 1. The van der Waals surface area contributed by atoms with E-state index in [1.54, 1.807) is 0 Å². The number of anilines is 1. The molecule has 0 bridgehead atoms. The molecule has 2 aromatic rings. The van der Waals surface area contributed by atoms with Crippen molar-refractivity contribution in [2.24, 2.45) is 0 Å². The normalized spacial score (nSPS) is 10.8. The van der Waals surface area contributed by atoms with Crippen LogP contribution in [0, 0.1) is 4.64 Å². The largest absolute Gasteiger partial charge is 0.369 e. The Morgan fingerprint density at radius 2 is 2.42 bits per heavy atom. The van der Waals surface area contributed by atoms with Crippen molar-refractivity contribution < 1.29 is 0 Å². The van der Waals surface area contributed by atoms with E-state index in [4.69, 9.17) is 18.0 Å². The highest BCUT2D eigenvalue weighted by Crippen LogP contribution is 2.16. The minimum Gasteiger partial charge on any atom is -0.369 e. The van der Waals surface area contributed by atoms with E-state index in [-0.39, 0.29) is 0 Å². The number of hydrogen-bond donors (Lipinski definition) is 2. The van der Waals surface area contributed by atoms with Crippen molar-refractivity contribution in [2.75, 3.05) is 5.73 Å². The van der Waals surface area contributed by atoms with Gasteiger partial charge in [-0.25, -0.2) is 0 Å². The summed E-state index contributed by atoms with van der Waals surface area (Å²) in [5.41, 5.74) is 6.31. The second kappa shape index (κ2) is 2.70. The highest BCUT2D eigenvalue weighted by Gasteiger charge is 2.02. The Morgan fingerprint density at radius 1 is 1.67 bits per heavy atom. The lowest BCUT2D eigenvalue weighted by molar-refractivity contribution is 1.20. The van der Waals surface area contributed by atoms with E-state index in [1.165, 1.54) is 0 Å². The zero-order valence-corrected chi connectivity index (χ0v) is 8.89. The molecule has 62 valence electrons. The summed E-state index contributed by atoms with van der Waals surface area (Å²) < 4.78 is 2.49. The standard InChI is InChI=1S/C6H5IN4S/c7-11-2-1-3-4(11)9-6(8)10-5(3)12/h1-2H,(H3,8,9,10,12). The average molecular weight is 292 g/mol. The number of nitrogen functional groups attached to an aromatic ring is 1. The molecule has 0 aromatic carbocycles. The summed E-state index contributed by atoms with van der Waals surface area (Å²) >= 11 is 7.19. The lowest BCUT2D eigenvalue weighted by Crippen LogP contribution is -1.95. The van der Waals surface area contributed by atoms with Crippen LogP contribution < -0.4 is 5.73 Å². The molecule has 4 nitrogen and oxygen atoms in total. The number of nitrogens with one attached hydrogen (secondary N) is 1. The summed E-state index contributed by atoms with van der Waals surface area (Å²) in [4.78, 5) is 6.90. The number of H-pyrrole nitrogens is 1. The van der Waals surface area contributed by atoms with Crippen LogP contribution in [0.15, 0.2) is 12.3 Å². The first kappa shape index (κ1) is 7.99. The first-order valence-electron chi connectivity index (χ1n) is 3.21. The number of nitrogens with two attached hydrogens (primary N) is 1. The van der Waals surface area contributed by atoms with Crippen LogP contribution in [0.3, 0.4) is 0 Å². The maximum atomic E-state index is 5.50. The number of rotatable bonds is 0. The molecule has 0 aliphatic rings. The third-order valence-electron chi connectivity index (χ3n) is 1.53. The molecule has 6 heteroatoms. The van der Waals surface area contributed by atoms with Crippen LogP contribution in [0.25, 0.3) is 11.0 Å². The Morgan fingerprint density at radius 3 is 3.17 bits per heavy atom. The fraction of sp³-hybridized carbons (Fsp3) is 0. The van der Waals surface area contributed by atoms with Crippen molar-refractivity contribution in [1.82, 2.24) is 12.7 Å². The van der Waals surface area contributed by atoms with E-state index in [2.05, 4.69) is 32.8 Å². The predicted octanol–water partition coefficient (Wildman–Crippen LogP) is 1.87. The van der Waals surface area contributed by atoms with Crippen LogP contribution in [-0.4, -0.2) is 12.7 Å². The summed E-state index contributed by atoms with van der Waals surface area (Å²) in [5, 5.41) is 0.925. The van der Waals surface area contributed by atoms with E-state index in [0.717, 1.165) is 11.0 Å². The van der Waals surface area contributed by atoms with Gasteiger partial charge in [0.15, 0.2) is 11.6 Å². The summed E-state index contributed by atoms with van der Waals surface area (Å²) in [6.45, 7) is 0. The van der Waals surface area contributed by atoms with Crippen molar-refractivity contribution in [3.63, 3.8) is 0 Å². The molecule has 2 aromatic heterocycles. The first-order chi connectivity index (χ1) is 5.68. The first-order valence-corrected chi connectivity index (χ1v) is 4.59. The van der Waals surface area contributed by atoms with E-state index in [9.17, 15) is 0 Å². The van der Waals surface area contributed by atoms with Gasteiger partial charge in [0, 0.05) is 6.20 Å². The third-order valence-corrected chi connectivity index (χ3v) is 2.63. The molecule has 0 saturated carbocycles. The van der Waals surface area contributed by atoms with Crippen LogP contribution in [0.2, 0.25) is 0 Å². The van der Waals surface area contributed by atoms with Gasteiger partial charge in [0.1, 0.15) is 4.64 Å². The van der Waals surface area contributed by atoms with Crippen LogP contribution >= 0.6 is 35.1 Å². The number of fused-ring (bicyclic) bond motifs is 1. The molecule has 0 unspecified atom stereocenters. The molecule has 12 heavy (non-hydrogen) atoms. The zero-order chi connectivity index (χ0) is 8.72. The van der Waals surface area contributed by atoms with Gasteiger partial charge in [0.05, 0.1) is 28.3 Å². The Balaban J connectivity index is 3.03. The van der Waals surface area contributed by atoms with Gasteiger partial charge in [-0.15, -0.1) is 0 Å². The topological polar surface area (TPSA) is 59.6 Å². The molecule has 0 radical (unpaired) electrons.